The number of anilines is 1. The van der Waals surface area contributed by atoms with E-state index >= 15 is 0 Å². The number of nitro groups is 1. The summed E-state index contributed by atoms with van der Waals surface area (Å²) in [5.41, 5.74) is 0.510. The minimum Gasteiger partial charge on any atom is -0.494 e. The molecule has 176 valence electrons. The monoisotopic (exact) mass is 465 g/mol. The summed E-state index contributed by atoms with van der Waals surface area (Å²) in [7, 11) is 0. The maximum absolute atomic E-state index is 13.3. The molecule has 2 fully saturated rings. The summed E-state index contributed by atoms with van der Waals surface area (Å²) in [5.74, 6) is -1.93. The number of allylic oxidation sites excluding steroid dienone is 2. The molecule has 1 aromatic heterocycles. The predicted molar refractivity (Wildman–Crippen MR) is 119 cm³/mol. The van der Waals surface area contributed by atoms with Crippen LogP contribution in [0.5, 0.6) is 5.75 Å². The second-order valence-corrected chi connectivity index (χ2v) is 8.70. The van der Waals surface area contributed by atoms with Crippen molar-refractivity contribution in [2.24, 2.45) is 23.7 Å². The Morgan fingerprint density at radius 2 is 1.79 bits per heavy atom. The van der Waals surface area contributed by atoms with Gasteiger partial charge in [-0.2, -0.15) is 0 Å². The van der Waals surface area contributed by atoms with E-state index in [0.29, 0.717) is 18.0 Å². The van der Waals surface area contributed by atoms with E-state index in [1.54, 1.807) is 24.3 Å². The zero-order valence-electron chi connectivity index (χ0n) is 18.4. The Hall–Kier alpha value is -3.95. The van der Waals surface area contributed by atoms with Crippen LogP contribution in [0.2, 0.25) is 0 Å². The van der Waals surface area contributed by atoms with E-state index in [1.165, 1.54) is 6.07 Å². The Morgan fingerprint density at radius 3 is 2.35 bits per heavy atom. The van der Waals surface area contributed by atoms with Crippen LogP contribution in [0.25, 0.3) is 0 Å². The highest BCUT2D eigenvalue weighted by molar-refractivity contribution is 6.07. The molecule has 10 nitrogen and oxygen atoms in total. The molecule has 1 aliphatic heterocycles. The van der Waals surface area contributed by atoms with E-state index in [-0.39, 0.29) is 35.8 Å². The first-order valence-corrected chi connectivity index (χ1v) is 11.2. The number of imide groups is 1. The van der Waals surface area contributed by atoms with E-state index in [2.05, 4.69) is 5.32 Å². The number of amides is 3. The van der Waals surface area contributed by atoms with Gasteiger partial charge in [0.1, 0.15) is 22.5 Å². The van der Waals surface area contributed by atoms with E-state index < -0.39 is 34.6 Å². The number of rotatable bonds is 8. The van der Waals surface area contributed by atoms with Crippen LogP contribution < -0.4 is 10.1 Å². The number of nitrogens with one attached hydrogen (secondary N) is 1. The second kappa shape index (κ2) is 8.44. The molecular formula is C24H23N3O7. The third-order valence-electron chi connectivity index (χ3n) is 6.76. The van der Waals surface area contributed by atoms with Crippen molar-refractivity contribution in [3.05, 3.63) is 64.4 Å². The third-order valence-corrected chi connectivity index (χ3v) is 6.76. The molecule has 2 aromatic rings. The van der Waals surface area contributed by atoms with Crippen LogP contribution >= 0.6 is 0 Å². The van der Waals surface area contributed by atoms with Gasteiger partial charge in [0.25, 0.3) is 0 Å². The molecule has 3 amide bonds. The summed E-state index contributed by atoms with van der Waals surface area (Å²) >= 11 is 0. The Balaban J connectivity index is 1.40. The van der Waals surface area contributed by atoms with E-state index in [9.17, 15) is 24.5 Å². The van der Waals surface area contributed by atoms with Gasteiger partial charge in [-0.1, -0.05) is 12.2 Å². The minimum absolute atomic E-state index is 0.000665. The Labute approximate surface area is 194 Å². The lowest BCUT2D eigenvalue weighted by Crippen LogP contribution is -2.38. The number of carbonyl (C=O) groups is 3. The van der Waals surface area contributed by atoms with Crippen molar-refractivity contribution in [2.75, 3.05) is 11.9 Å². The number of ether oxygens (including phenoxy) is 1. The maximum Gasteiger partial charge on any atom is 0.433 e. The quantitative estimate of drug-likeness (QED) is 0.273. The molecule has 1 saturated heterocycles. The zero-order chi connectivity index (χ0) is 24.0. The van der Waals surface area contributed by atoms with Gasteiger partial charge in [-0.25, -0.2) is 0 Å². The molecule has 1 saturated carbocycles. The summed E-state index contributed by atoms with van der Waals surface area (Å²) in [4.78, 5) is 51.1. The van der Waals surface area contributed by atoms with Gasteiger partial charge >= 0.3 is 5.88 Å². The topological polar surface area (TPSA) is 132 Å². The molecule has 0 radical (unpaired) electrons. The summed E-state index contributed by atoms with van der Waals surface area (Å²) in [6, 6.07) is 8.19. The van der Waals surface area contributed by atoms with Crippen molar-refractivity contribution in [3.8, 4) is 5.75 Å². The molecule has 3 aliphatic rings. The van der Waals surface area contributed by atoms with Gasteiger partial charge < -0.3 is 14.5 Å². The first kappa shape index (κ1) is 21.9. The molecule has 1 aromatic carbocycles. The van der Waals surface area contributed by atoms with Gasteiger partial charge in [0.15, 0.2) is 0 Å². The average Bonchev–Trinajstić information content (AvgIpc) is 3.58. The smallest absolute Gasteiger partial charge is 0.433 e. The lowest BCUT2D eigenvalue weighted by molar-refractivity contribution is -0.402. The molecule has 2 bridgehead atoms. The van der Waals surface area contributed by atoms with Crippen LogP contribution in [0, 0.1) is 33.8 Å². The fraction of sp³-hybridized carbons (Fsp3) is 0.375. The largest absolute Gasteiger partial charge is 0.494 e. The molecule has 10 heteroatoms. The van der Waals surface area contributed by atoms with Gasteiger partial charge in [-0.05, 0) is 55.5 Å². The van der Waals surface area contributed by atoms with Crippen LogP contribution in [-0.4, -0.2) is 34.2 Å². The fourth-order valence-electron chi connectivity index (χ4n) is 5.36. The summed E-state index contributed by atoms with van der Waals surface area (Å²) < 4.78 is 10.7. The van der Waals surface area contributed by atoms with Gasteiger partial charge in [-0.15, -0.1) is 0 Å². The Bertz CT molecular complexity index is 1160. The fourth-order valence-corrected chi connectivity index (χ4v) is 5.36. The minimum atomic E-state index is -1.08. The molecule has 5 rings (SSSR count). The van der Waals surface area contributed by atoms with Gasteiger partial charge in [0, 0.05) is 5.69 Å². The van der Waals surface area contributed by atoms with Crippen molar-refractivity contribution < 1.29 is 28.5 Å². The number of carbonyl (C=O) groups excluding carboxylic acids is 3. The first-order valence-electron chi connectivity index (χ1n) is 11.2. The van der Waals surface area contributed by atoms with Gasteiger partial charge in [-0.3, -0.25) is 29.4 Å². The molecule has 5 unspecified atom stereocenters. The molecular weight excluding hydrogens is 442 g/mol. The summed E-state index contributed by atoms with van der Waals surface area (Å²) in [5, 5.41) is 13.9. The number of nitrogens with zero attached hydrogens (tertiary/aromatic N) is 2. The highest BCUT2D eigenvalue weighted by Gasteiger charge is 2.61. The maximum atomic E-state index is 13.3. The molecule has 2 heterocycles. The second-order valence-electron chi connectivity index (χ2n) is 8.70. The van der Waals surface area contributed by atoms with Crippen LogP contribution in [0.4, 0.5) is 11.6 Å². The molecule has 5 atom stereocenters. The van der Waals surface area contributed by atoms with E-state index in [4.69, 9.17) is 9.15 Å². The van der Waals surface area contributed by atoms with Crippen LogP contribution in [0.3, 0.4) is 0 Å². The molecule has 34 heavy (non-hydrogen) atoms. The van der Waals surface area contributed by atoms with Crippen molar-refractivity contribution in [1.29, 1.82) is 0 Å². The van der Waals surface area contributed by atoms with Crippen LogP contribution in [0.15, 0.2) is 53.0 Å². The normalized spacial score (nSPS) is 25.5. The average molecular weight is 465 g/mol. The van der Waals surface area contributed by atoms with E-state index in [0.717, 1.165) is 17.4 Å². The van der Waals surface area contributed by atoms with Gasteiger partial charge in [0.2, 0.25) is 17.7 Å². The van der Waals surface area contributed by atoms with Crippen molar-refractivity contribution >= 4 is 29.3 Å². The zero-order valence-corrected chi connectivity index (χ0v) is 18.4. The molecule has 0 spiro atoms. The van der Waals surface area contributed by atoms with Crippen molar-refractivity contribution in [2.45, 2.75) is 25.8 Å². The standard InChI is InChI=1S/C24H23N3O7/c1-2-33-16-7-5-15(6-8-16)25-19(28)12-17(18-9-10-20(34-18)27(31)32)26-23(29)21-13-3-4-14(11-13)22(21)24(26)30/h3-10,13-14,17,21-22H,2,11-12H2,1H3,(H,25,28). The summed E-state index contributed by atoms with van der Waals surface area (Å²) in [6.45, 7) is 2.38. The van der Waals surface area contributed by atoms with Gasteiger partial charge in [0.05, 0.1) is 30.9 Å². The third kappa shape index (κ3) is 3.64. The van der Waals surface area contributed by atoms with E-state index in [1.807, 2.05) is 19.1 Å². The first-order chi connectivity index (χ1) is 16.4. The van der Waals surface area contributed by atoms with Crippen LogP contribution in [-0.2, 0) is 14.4 Å². The number of hydrogen-bond donors (Lipinski definition) is 1. The number of likely N-dealkylation sites (tertiary alicyclic amines) is 1. The number of fused-ring (bicyclic) bond motifs is 5. The van der Waals surface area contributed by atoms with Crippen LogP contribution in [0.1, 0.15) is 31.6 Å². The lowest BCUT2D eigenvalue weighted by atomic mass is 9.85. The SMILES string of the molecule is CCOc1ccc(NC(=O)CC(c2ccc([N+](=O)[O-])o2)N2C(=O)C3C4C=CC(C4)C3C2=O)cc1. The lowest BCUT2D eigenvalue weighted by Gasteiger charge is -2.25. The highest BCUT2D eigenvalue weighted by Crippen LogP contribution is 2.54. The predicted octanol–water partition coefficient (Wildman–Crippen LogP) is 3.46. The Morgan fingerprint density at radius 1 is 1.15 bits per heavy atom. The number of furan rings is 1. The highest BCUT2D eigenvalue weighted by atomic mass is 16.6. The summed E-state index contributed by atoms with van der Waals surface area (Å²) in [6.07, 6.45) is 4.44. The Kier molecular flexibility index (Phi) is 5.43. The van der Waals surface area contributed by atoms with Crippen molar-refractivity contribution in [1.82, 2.24) is 4.90 Å². The number of benzene rings is 1. The van der Waals surface area contributed by atoms with Crippen molar-refractivity contribution in [3.63, 3.8) is 0 Å². The number of hydrogen-bond acceptors (Lipinski definition) is 7. The molecule has 1 N–H and O–H groups in total. The molecule has 2 aliphatic carbocycles.